The molecule has 0 unspecified atom stereocenters. The number of pyridine rings is 1. The molecule has 0 saturated carbocycles. The Labute approximate surface area is 110 Å². The van der Waals surface area contributed by atoms with Crippen molar-refractivity contribution in [2.24, 2.45) is 0 Å². The zero-order valence-corrected chi connectivity index (χ0v) is 10.6. The lowest BCUT2D eigenvalue weighted by Crippen LogP contribution is -2.11. The predicted molar refractivity (Wildman–Crippen MR) is 70.6 cm³/mol. The highest BCUT2D eigenvalue weighted by atomic mass is 16.5. The van der Waals surface area contributed by atoms with Crippen LogP contribution in [0.4, 0.5) is 11.5 Å². The first kappa shape index (κ1) is 12.9. The molecule has 0 radical (unpaired) electrons. The Morgan fingerprint density at radius 2 is 2.42 bits per heavy atom. The van der Waals surface area contributed by atoms with E-state index in [1.165, 1.54) is 12.3 Å². The van der Waals surface area contributed by atoms with Crippen LogP contribution in [0.3, 0.4) is 0 Å². The lowest BCUT2D eigenvalue weighted by molar-refractivity contribution is 0.0527. The number of aromatic nitrogens is 1. The Balaban J connectivity index is 2.16. The van der Waals surface area contributed by atoms with Crippen LogP contribution in [0.1, 0.15) is 22.8 Å². The van der Waals surface area contributed by atoms with E-state index in [1.807, 2.05) is 6.07 Å². The van der Waals surface area contributed by atoms with Gasteiger partial charge in [-0.1, -0.05) is 0 Å². The molecule has 19 heavy (non-hydrogen) atoms. The number of nitrogen functional groups attached to an aromatic ring is 1. The molecule has 0 aliphatic rings. The maximum atomic E-state index is 11.8. The smallest absolute Gasteiger partial charge is 0.340 e. The van der Waals surface area contributed by atoms with Gasteiger partial charge in [-0.05, 0) is 19.1 Å². The highest BCUT2D eigenvalue weighted by molar-refractivity contribution is 5.96. The molecule has 0 aromatic carbocycles. The maximum Gasteiger partial charge on any atom is 0.340 e. The lowest BCUT2D eigenvalue weighted by atomic mass is 10.2. The van der Waals surface area contributed by atoms with Crippen LogP contribution in [0.15, 0.2) is 35.3 Å². The number of furan rings is 1. The van der Waals surface area contributed by atoms with Crippen LogP contribution in [-0.4, -0.2) is 17.6 Å². The third-order valence-corrected chi connectivity index (χ3v) is 2.48. The van der Waals surface area contributed by atoms with Crippen LogP contribution in [0.25, 0.3) is 0 Å². The quantitative estimate of drug-likeness (QED) is 0.800. The Morgan fingerprint density at radius 3 is 3.11 bits per heavy atom. The van der Waals surface area contributed by atoms with Gasteiger partial charge in [0, 0.05) is 12.1 Å². The van der Waals surface area contributed by atoms with Gasteiger partial charge in [0.2, 0.25) is 0 Å². The van der Waals surface area contributed by atoms with Crippen molar-refractivity contribution in [3.63, 3.8) is 0 Å². The molecule has 6 heteroatoms. The summed E-state index contributed by atoms with van der Waals surface area (Å²) in [5.41, 5.74) is 7.51. The number of esters is 1. The van der Waals surface area contributed by atoms with Gasteiger partial charge in [-0.25, -0.2) is 9.78 Å². The average molecular weight is 261 g/mol. The second-order valence-corrected chi connectivity index (χ2v) is 3.86. The maximum absolute atomic E-state index is 11.8. The number of hydrogen-bond donors (Lipinski definition) is 2. The van der Waals surface area contributed by atoms with Gasteiger partial charge in [-0.15, -0.1) is 0 Å². The topological polar surface area (TPSA) is 90.4 Å². The van der Waals surface area contributed by atoms with E-state index in [9.17, 15) is 4.79 Å². The Bertz CT molecular complexity index is 552. The predicted octanol–water partition coefficient (Wildman–Crippen LogP) is 2.05. The SMILES string of the molecule is CCOC(=O)c1cc(N)ncc1NCc1ccoc1. The molecule has 3 N–H and O–H groups in total. The molecule has 0 aliphatic carbocycles. The number of carbonyl (C=O) groups excluding carboxylic acids is 1. The van der Waals surface area contributed by atoms with Gasteiger partial charge < -0.3 is 20.2 Å². The van der Waals surface area contributed by atoms with Crippen LogP contribution >= 0.6 is 0 Å². The molecular weight excluding hydrogens is 246 g/mol. The van der Waals surface area contributed by atoms with E-state index in [0.29, 0.717) is 24.4 Å². The molecular formula is C13H15N3O3. The number of anilines is 2. The summed E-state index contributed by atoms with van der Waals surface area (Å²) in [5.74, 6) is -0.150. The molecule has 0 atom stereocenters. The normalized spacial score (nSPS) is 10.2. The molecule has 6 nitrogen and oxygen atoms in total. The fraction of sp³-hybridized carbons (Fsp3) is 0.231. The third kappa shape index (κ3) is 3.25. The summed E-state index contributed by atoms with van der Waals surface area (Å²) in [6.45, 7) is 2.58. The molecule has 2 aromatic heterocycles. The summed E-state index contributed by atoms with van der Waals surface area (Å²) in [6.07, 6.45) is 4.73. The number of nitrogens with zero attached hydrogens (tertiary/aromatic N) is 1. The van der Waals surface area contributed by atoms with E-state index in [4.69, 9.17) is 14.9 Å². The Kier molecular flexibility index (Phi) is 4.02. The zero-order chi connectivity index (χ0) is 13.7. The van der Waals surface area contributed by atoms with Gasteiger partial charge in [0.05, 0.1) is 36.6 Å². The number of rotatable bonds is 5. The second kappa shape index (κ2) is 5.90. The van der Waals surface area contributed by atoms with Crippen LogP contribution < -0.4 is 11.1 Å². The highest BCUT2D eigenvalue weighted by Gasteiger charge is 2.13. The average Bonchev–Trinajstić information content (AvgIpc) is 2.90. The van der Waals surface area contributed by atoms with Crippen molar-refractivity contribution in [1.82, 2.24) is 4.98 Å². The van der Waals surface area contributed by atoms with Gasteiger partial charge >= 0.3 is 5.97 Å². The molecule has 0 amide bonds. The van der Waals surface area contributed by atoms with Crippen molar-refractivity contribution in [1.29, 1.82) is 0 Å². The molecule has 0 fully saturated rings. The number of carbonyl (C=O) groups is 1. The van der Waals surface area contributed by atoms with E-state index in [1.54, 1.807) is 19.5 Å². The molecule has 0 saturated heterocycles. The van der Waals surface area contributed by atoms with Gasteiger partial charge in [0.1, 0.15) is 5.82 Å². The first-order chi connectivity index (χ1) is 9.20. The summed E-state index contributed by atoms with van der Waals surface area (Å²) >= 11 is 0. The van der Waals surface area contributed by atoms with Gasteiger partial charge in [-0.3, -0.25) is 0 Å². The summed E-state index contributed by atoms with van der Waals surface area (Å²) in [4.78, 5) is 15.8. The molecule has 0 spiro atoms. The van der Waals surface area contributed by atoms with Crippen molar-refractivity contribution < 1.29 is 13.9 Å². The second-order valence-electron chi connectivity index (χ2n) is 3.86. The minimum absolute atomic E-state index is 0.275. The molecule has 2 heterocycles. The molecule has 0 bridgehead atoms. The third-order valence-electron chi connectivity index (χ3n) is 2.48. The summed E-state index contributed by atoms with van der Waals surface area (Å²) in [7, 11) is 0. The number of hydrogen-bond acceptors (Lipinski definition) is 6. The number of nitrogens with one attached hydrogen (secondary N) is 1. The van der Waals surface area contributed by atoms with Crippen molar-refractivity contribution in [3.05, 3.63) is 42.0 Å². The van der Waals surface area contributed by atoms with E-state index in [-0.39, 0.29) is 5.82 Å². The monoisotopic (exact) mass is 261 g/mol. The molecule has 0 aliphatic heterocycles. The molecule has 100 valence electrons. The van der Waals surface area contributed by atoms with Gasteiger partial charge in [-0.2, -0.15) is 0 Å². The van der Waals surface area contributed by atoms with Gasteiger partial charge in [0.25, 0.3) is 0 Å². The van der Waals surface area contributed by atoms with Gasteiger partial charge in [0.15, 0.2) is 0 Å². The minimum Gasteiger partial charge on any atom is -0.472 e. The summed E-state index contributed by atoms with van der Waals surface area (Å²) in [6, 6.07) is 3.33. The highest BCUT2D eigenvalue weighted by Crippen LogP contribution is 2.18. The summed E-state index contributed by atoms with van der Waals surface area (Å²) < 4.78 is 9.95. The van der Waals surface area contributed by atoms with E-state index in [0.717, 1.165) is 5.56 Å². The molecule has 2 rings (SSSR count). The lowest BCUT2D eigenvalue weighted by Gasteiger charge is -2.10. The van der Waals surface area contributed by atoms with Crippen molar-refractivity contribution in [2.75, 3.05) is 17.7 Å². The molecule has 2 aromatic rings. The standard InChI is InChI=1S/C13H15N3O3/c1-2-19-13(17)10-5-12(14)16-7-11(10)15-6-9-3-4-18-8-9/h3-5,7-8,15H,2,6H2,1H3,(H2,14,16). The number of nitrogens with two attached hydrogens (primary N) is 1. The largest absolute Gasteiger partial charge is 0.472 e. The Hall–Kier alpha value is -2.50. The first-order valence-corrected chi connectivity index (χ1v) is 5.88. The van der Waals surface area contributed by atoms with E-state index in [2.05, 4.69) is 10.3 Å². The first-order valence-electron chi connectivity index (χ1n) is 5.88. The zero-order valence-electron chi connectivity index (χ0n) is 10.6. The van der Waals surface area contributed by atoms with E-state index >= 15 is 0 Å². The van der Waals surface area contributed by atoms with Crippen LogP contribution in [0.5, 0.6) is 0 Å². The van der Waals surface area contributed by atoms with Crippen molar-refractivity contribution in [3.8, 4) is 0 Å². The Morgan fingerprint density at radius 1 is 1.58 bits per heavy atom. The van der Waals surface area contributed by atoms with Crippen LogP contribution in [0.2, 0.25) is 0 Å². The van der Waals surface area contributed by atoms with Crippen LogP contribution in [0, 0.1) is 0 Å². The number of ether oxygens (including phenoxy) is 1. The fourth-order valence-corrected chi connectivity index (χ4v) is 1.58. The van der Waals surface area contributed by atoms with Crippen molar-refractivity contribution >= 4 is 17.5 Å². The van der Waals surface area contributed by atoms with E-state index < -0.39 is 5.97 Å². The fourth-order valence-electron chi connectivity index (χ4n) is 1.58. The van der Waals surface area contributed by atoms with Crippen molar-refractivity contribution in [2.45, 2.75) is 13.5 Å². The van der Waals surface area contributed by atoms with Crippen LogP contribution in [-0.2, 0) is 11.3 Å². The summed E-state index contributed by atoms with van der Waals surface area (Å²) in [5, 5.41) is 3.10. The minimum atomic E-state index is -0.425.